The second-order valence-electron chi connectivity index (χ2n) is 7.53. The molecule has 1 amide bonds. The van der Waals surface area contributed by atoms with Gasteiger partial charge in [0.2, 0.25) is 5.91 Å². The zero-order valence-corrected chi connectivity index (χ0v) is 22.2. The van der Waals surface area contributed by atoms with Crippen LogP contribution in [-0.2, 0) is 11.3 Å². The van der Waals surface area contributed by atoms with Gasteiger partial charge in [-0.25, -0.2) is 19.0 Å². The van der Waals surface area contributed by atoms with Crippen LogP contribution in [0.2, 0.25) is 5.02 Å². The number of benzene rings is 1. The van der Waals surface area contributed by atoms with Crippen LogP contribution in [0.1, 0.15) is 46.6 Å². The van der Waals surface area contributed by atoms with Gasteiger partial charge in [0, 0.05) is 35.4 Å². The summed E-state index contributed by atoms with van der Waals surface area (Å²) in [5.74, 6) is -0.375. The summed E-state index contributed by atoms with van der Waals surface area (Å²) in [4.78, 5) is 31.5. The smallest absolute Gasteiger partial charge is 0.341 e. The SMILES string of the molecule is C=CC(=N/C=C(\C)C(F)(F)F)n1c(-c2ccc(Cl)cc2C)nn(CC(=O)N(CC)CCC)c1=O.CC. The van der Waals surface area contributed by atoms with Crippen molar-refractivity contribution in [2.24, 2.45) is 4.99 Å². The number of hydrogen-bond donors (Lipinski definition) is 0. The first-order valence-corrected chi connectivity index (χ1v) is 12.0. The van der Waals surface area contributed by atoms with Gasteiger partial charge in [-0.1, -0.05) is 39.0 Å². The summed E-state index contributed by atoms with van der Waals surface area (Å²) in [7, 11) is 0. The fourth-order valence-electron chi connectivity index (χ4n) is 3.16. The molecule has 1 aromatic carbocycles. The van der Waals surface area contributed by atoms with Crippen LogP contribution in [0.4, 0.5) is 13.2 Å². The zero-order chi connectivity index (χ0) is 27.6. The van der Waals surface area contributed by atoms with E-state index in [2.05, 4.69) is 16.7 Å². The van der Waals surface area contributed by atoms with Gasteiger partial charge in [-0.3, -0.25) is 4.79 Å². The van der Waals surface area contributed by atoms with E-state index < -0.39 is 17.4 Å². The Kier molecular flexibility index (Phi) is 11.9. The zero-order valence-electron chi connectivity index (χ0n) is 21.5. The molecule has 0 saturated carbocycles. The number of nitrogens with zero attached hydrogens (tertiary/aromatic N) is 5. The van der Waals surface area contributed by atoms with Crippen LogP contribution in [0.15, 0.2) is 52.4 Å². The van der Waals surface area contributed by atoms with E-state index in [0.29, 0.717) is 35.4 Å². The molecule has 2 aromatic rings. The highest BCUT2D eigenvalue weighted by Crippen LogP contribution is 2.26. The highest BCUT2D eigenvalue weighted by Gasteiger charge is 2.30. The van der Waals surface area contributed by atoms with E-state index in [0.717, 1.165) is 28.7 Å². The lowest BCUT2D eigenvalue weighted by molar-refractivity contribution is -0.132. The van der Waals surface area contributed by atoms with Crippen LogP contribution >= 0.6 is 11.6 Å². The second kappa shape index (κ2) is 13.8. The third kappa shape index (κ3) is 7.68. The predicted octanol–water partition coefficient (Wildman–Crippen LogP) is 5.86. The highest BCUT2D eigenvalue weighted by molar-refractivity contribution is 6.30. The summed E-state index contributed by atoms with van der Waals surface area (Å²) in [6.07, 6.45) is -2.06. The molecule has 0 atom stereocenters. The summed E-state index contributed by atoms with van der Waals surface area (Å²) < 4.78 is 40.8. The maximum absolute atomic E-state index is 13.3. The Morgan fingerprint density at radius 3 is 2.42 bits per heavy atom. The minimum Gasteiger partial charge on any atom is -0.341 e. The Hall–Kier alpha value is -3.14. The molecule has 36 heavy (non-hydrogen) atoms. The lowest BCUT2D eigenvalue weighted by Gasteiger charge is -2.19. The van der Waals surface area contributed by atoms with Crippen molar-refractivity contribution >= 4 is 23.3 Å². The Bertz CT molecular complexity index is 1180. The van der Waals surface area contributed by atoms with E-state index in [4.69, 9.17) is 11.6 Å². The quantitative estimate of drug-likeness (QED) is 0.319. The Morgan fingerprint density at radius 1 is 1.28 bits per heavy atom. The maximum atomic E-state index is 13.3. The van der Waals surface area contributed by atoms with Crippen molar-refractivity contribution in [2.45, 2.75) is 60.7 Å². The summed E-state index contributed by atoms with van der Waals surface area (Å²) in [6.45, 7) is 14.6. The Morgan fingerprint density at radius 2 is 1.92 bits per heavy atom. The molecule has 0 unspecified atom stereocenters. The van der Waals surface area contributed by atoms with E-state index in [9.17, 15) is 22.8 Å². The molecule has 0 aliphatic carbocycles. The first-order chi connectivity index (χ1) is 16.9. The lowest BCUT2D eigenvalue weighted by Crippen LogP contribution is -2.38. The number of alkyl halides is 3. The molecular weight excluding hydrogens is 495 g/mol. The van der Waals surface area contributed by atoms with Crippen LogP contribution in [-0.4, -0.2) is 50.3 Å². The number of rotatable bonds is 8. The van der Waals surface area contributed by atoms with E-state index in [1.165, 1.54) is 0 Å². The molecule has 7 nitrogen and oxygen atoms in total. The molecule has 0 aliphatic heterocycles. The molecule has 0 N–H and O–H groups in total. The number of aliphatic imine (C=N–C) groups is 1. The lowest BCUT2D eigenvalue weighted by atomic mass is 10.1. The topological polar surface area (TPSA) is 72.5 Å². The molecule has 0 spiro atoms. The average Bonchev–Trinajstić information content (AvgIpc) is 3.13. The van der Waals surface area contributed by atoms with Crippen LogP contribution in [0, 0.1) is 6.92 Å². The van der Waals surface area contributed by atoms with Gasteiger partial charge in [0.15, 0.2) is 5.82 Å². The number of carbonyl (C=O) groups excluding carboxylic acids is 1. The third-order valence-corrected chi connectivity index (χ3v) is 5.27. The van der Waals surface area contributed by atoms with Gasteiger partial charge in [-0.05, 0) is 57.0 Å². The van der Waals surface area contributed by atoms with E-state index >= 15 is 0 Å². The standard InChI is InChI=1S/C23H27ClF3N5O2.C2H6/c1-6-11-30(8-3)20(33)14-31-22(34)32(19(7-2)28-13-16(5)23(25,26)27)21(29-31)18-10-9-17(24)12-15(18)4;1-2/h7,9-10,12-13H,2,6,8,11,14H2,1,3-5H3;1-2H3/b16-13+,28-19?;. The van der Waals surface area contributed by atoms with Gasteiger partial charge in [0.05, 0.1) is 0 Å². The third-order valence-electron chi connectivity index (χ3n) is 5.03. The summed E-state index contributed by atoms with van der Waals surface area (Å²) >= 11 is 6.05. The fourth-order valence-corrected chi connectivity index (χ4v) is 3.39. The molecule has 0 aliphatic rings. The van der Waals surface area contributed by atoms with Crippen molar-refractivity contribution in [2.75, 3.05) is 13.1 Å². The number of allylic oxidation sites excluding steroid dienone is 2. The van der Waals surface area contributed by atoms with Crippen LogP contribution in [0.3, 0.4) is 0 Å². The van der Waals surface area contributed by atoms with Gasteiger partial charge in [-0.15, -0.1) is 5.10 Å². The van der Waals surface area contributed by atoms with Crippen LogP contribution < -0.4 is 5.69 Å². The Labute approximate surface area is 214 Å². The molecule has 11 heteroatoms. The first-order valence-electron chi connectivity index (χ1n) is 11.6. The number of aromatic nitrogens is 3. The molecule has 198 valence electrons. The first kappa shape index (κ1) is 30.9. The van der Waals surface area contributed by atoms with Crippen molar-refractivity contribution in [1.29, 1.82) is 0 Å². The largest absolute Gasteiger partial charge is 0.413 e. The number of halogens is 4. The summed E-state index contributed by atoms with van der Waals surface area (Å²) in [5.41, 5.74) is -0.518. The van der Waals surface area contributed by atoms with E-state index in [1.54, 1.807) is 30.0 Å². The predicted molar refractivity (Wildman–Crippen MR) is 138 cm³/mol. The van der Waals surface area contributed by atoms with Gasteiger partial charge < -0.3 is 4.90 Å². The maximum Gasteiger partial charge on any atom is 0.413 e. The van der Waals surface area contributed by atoms with Crippen LogP contribution in [0.25, 0.3) is 11.4 Å². The number of amides is 1. The molecule has 0 radical (unpaired) electrons. The highest BCUT2D eigenvalue weighted by atomic mass is 35.5. The normalized spacial score (nSPS) is 12.2. The number of hydrogen-bond acceptors (Lipinski definition) is 4. The minimum atomic E-state index is -4.57. The average molecular weight is 528 g/mol. The Balaban J connectivity index is 0.00000316. The molecule has 0 saturated heterocycles. The molecule has 1 heterocycles. The van der Waals surface area contributed by atoms with Crippen molar-refractivity contribution in [3.63, 3.8) is 0 Å². The van der Waals surface area contributed by atoms with Gasteiger partial charge in [0.25, 0.3) is 0 Å². The van der Waals surface area contributed by atoms with Crippen molar-refractivity contribution in [3.8, 4) is 11.4 Å². The monoisotopic (exact) mass is 527 g/mol. The summed E-state index contributed by atoms with van der Waals surface area (Å²) in [6, 6.07) is 4.89. The van der Waals surface area contributed by atoms with Crippen molar-refractivity contribution < 1.29 is 18.0 Å². The van der Waals surface area contributed by atoms with E-state index in [1.807, 2.05) is 27.7 Å². The molecular formula is C25H33ClF3N5O2. The fraction of sp³-hybridized carbons (Fsp3) is 0.440. The summed E-state index contributed by atoms with van der Waals surface area (Å²) in [5, 5.41) is 4.80. The van der Waals surface area contributed by atoms with Gasteiger partial charge in [-0.2, -0.15) is 13.2 Å². The molecule has 0 fully saturated rings. The van der Waals surface area contributed by atoms with Gasteiger partial charge >= 0.3 is 11.9 Å². The van der Waals surface area contributed by atoms with Crippen LogP contribution in [0.5, 0.6) is 0 Å². The number of likely N-dealkylation sites (N-methyl/N-ethyl adjacent to an activating group) is 1. The molecule has 2 rings (SSSR count). The second-order valence-corrected chi connectivity index (χ2v) is 7.97. The molecule has 0 bridgehead atoms. The van der Waals surface area contributed by atoms with Crippen molar-refractivity contribution in [1.82, 2.24) is 19.2 Å². The number of aryl methyl sites for hydroxylation is 1. The van der Waals surface area contributed by atoms with Crippen molar-refractivity contribution in [3.05, 3.63) is 63.7 Å². The van der Waals surface area contributed by atoms with E-state index in [-0.39, 0.29) is 24.1 Å². The number of carbonyl (C=O) groups is 1. The minimum absolute atomic E-state index is 0.0993. The van der Waals surface area contributed by atoms with Gasteiger partial charge in [0.1, 0.15) is 12.4 Å². The molecule has 1 aromatic heterocycles.